The summed E-state index contributed by atoms with van der Waals surface area (Å²) in [5, 5.41) is 3.62. The second-order valence-electron chi connectivity index (χ2n) is 6.49. The van der Waals surface area contributed by atoms with E-state index in [-0.39, 0.29) is 5.91 Å². The smallest absolute Gasteiger partial charge is 0.248 e. The van der Waals surface area contributed by atoms with Crippen molar-refractivity contribution < 1.29 is 4.79 Å². The number of carbonyl (C=O) groups excluding carboxylic acids is 1. The van der Waals surface area contributed by atoms with Crippen molar-refractivity contribution >= 4 is 11.6 Å². The van der Waals surface area contributed by atoms with Crippen molar-refractivity contribution in [2.24, 2.45) is 17.6 Å². The van der Waals surface area contributed by atoms with Crippen LogP contribution in [0.4, 0.5) is 5.69 Å². The number of nitrogens with one attached hydrogen (secondary N) is 1. The predicted molar refractivity (Wildman–Crippen MR) is 86.0 cm³/mol. The lowest BCUT2D eigenvalue weighted by atomic mass is 9.95. The minimum atomic E-state index is -0.374. The van der Waals surface area contributed by atoms with Crippen molar-refractivity contribution in [1.29, 1.82) is 0 Å². The number of nitrogens with two attached hydrogens (primary N) is 1. The molecule has 112 valence electrons. The average molecular weight is 276 g/mol. The van der Waals surface area contributed by atoms with Gasteiger partial charge in [-0.1, -0.05) is 27.7 Å². The van der Waals surface area contributed by atoms with Crippen molar-refractivity contribution in [3.63, 3.8) is 0 Å². The first-order valence-electron chi connectivity index (χ1n) is 7.46. The molecule has 0 atom stereocenters. The van der Waals surface area contributed by atoms with E-state index in [1.165, 1.54) is 0 Å². The van der Waals surface area contributed by atoms with E-state index in [1.807, 2.05) is 19.1 Å². The van der Waals surface area contributed by atoms with Gasteiger partial charge in [0.1, 0.15) is 0 Å². The van der Waals surface area contributed by atoms with Crippen LogP contribution >= 0.6 is 0 Å². The van der Waals surface area contributed by atoms with E-state index in [4.69, 9.17) is 5.73 Å². The maximum Gasteiger partial charge on any atom is 0.248 e. The predicted octanol–water partition coefficient (Wildman–Crippen LogP) is 3.97. The first kappa shape index (κ1) is 16.5. The molecule has 0 saturated heterocycles. The number of primary amides is 1. The number of rotatable bonds is 7. The van der Waals surface area contributed by atoms with Crippen LogP contribution in [-0.4, -0.2) is 11.9 Å². The van der Waals surface area contributed by atoms with Gasteiger partial charge in [-0.2, -0.15) is 0 Å². The van der Waals surface area contributed by atoms with Gasteiger partial charge < -0.3 is 11.1 Å². The standard InChI is InChI=1S/C17H28N2O/c1-11(2)8-15(9-12(3)4)19-16-7-6-14(17(18)20)10-13(16)5/h6-7,10-12,15,19H,8-9H2,1-5H3,(H2,18,20). The van der Waals surface area contributed by atoms with Crippen LogP contribution in [0, 0.1) is 18.8 Å². The van der Waals surface area contributed by atoms with E-state index in [2.05, 4.69) is 33.0 Å². The Labute approximate surface area is 122 Å². The van der Waals surface area contributed by atoms with Gasteiger partial charge in [0.05, 0.1) is 0 Å². The van der Waals surface area contributed by atoms with E-state index in [0.717, 1.165) is 24.1 Å². The molecule has 0 aliphatic carbocycles. The minimum absolute atomic E-state index is 0.374. The number of anilines is 1. The van der Waals surface area contributed by atoms with Gasteiger partial charge in [0.2, 0.25) is 5.91 Å². The van der Waals surface area contributed by atoms with E-state index in [9.17, 15) is 4.79 Å². The lowest BCUT2D eigenvalue weighted by Gasteiger charge is -2.24. The molecular formula is C17H28N2O. The molecule has 0 heterocycles. The van der Waals surface area contributed by atoms with Crippen molar-refractivity contribution in [2.45, 2.75) is 53.5 Å². The SMILES string of the molecule is Cc1cc(C(N)=O)ccc1NC(CC(C)C)CC(C)C. The lowest BCUT2D eigenvalue weighted by Crippen LogP contribution is -2.24. The molecule has 0 saturated carbocycles. The normalized spacial score (nSPS) is 11.4. The van der Waals surface area contributed by atoms with Crippen LogP contribution in [0.3, 0.4) is 0 Å². The summed E-state index contributed by atoms with van der Waals surface area (Å²) in [7, 11) is 0. The summed E-state index contributed by atoms with van der Waals surface area (Å²) in [4.78, 5) is 11.2. The Bertz CT molecular complexity index is 442. The molecule has 3 N–H and O–H groups in total. The molecule has 20 heavy (non-hydrogen) atoms. The molecule has 0 spiro atoms. The summed E-state index contributed by atoms with van der Waals surface area (Å²) >= 11 is 0. The van der Waals surface area contributed by atoms with Crippen LogP contribution in [0.25, 0.3) is 0 Å². The van der Waals surface area contributed by atoms with E-state index < -0.39 is 0 Å². The van der Waals surface area contributed by atoms with E-state index >= 15 is 0 Å². The van der Waals surface area contributed by atoms with Gasteiger partial charge in [0.15, 0.2) is 0 Å². The van der Waals surface area contributed by atoms with Crippen LogP contribution in [0.2, 0.25) is 0 Å². The number of hydrogen-bond acceptors (Lipinski definition) is 2. The average Bonchev–Trinajstić information content (AvgIpc) is 2.29. The maximum absolute atomic E-state index is 11.2. The van der Waals surface area contributed by atoms with Gasteiger partial charge in [0.25, 0.3) is 0 Å². The Morgan fingerprint density at radius 1 is 1.15 bits per heavy atom. The van der Waals surface area contributed by atoms with E-state index in [1.54, 1.807) is 6.07 Å². The number of benzene rings is 1. The molecule has 0 fully saturated rings. The van der Waals surface area contributed by atoms with Crippen LogP contribution in [0.1, 0.15) is 56.5 Å². The summed E-state index contributed by atoms with van der Waals surface area (Å²) in [6.07, 6.45) is 2.30. The fourth-order valence-corrected chi connectivity index (χ4v) is 2.55. The summed E-state index contributed by atoms with van der Waals surface area (Å²) in [5.41, 5.74) is 8.04. The van der Waals surface area contributed by atoms with Crippen molar-refractivity contribution in [1.82, 2.24) is 0 Å². The fourth-order valence-electron chi connectivity index (χ4n) is 2.55. The zero-order valence-electron chi connectivity index (χ0n) is 13.4. The third-order valence-corrected chi connectivity index (χ3v) is 3.38. The summed E-state index contributed by atoms with van der Waals surface area (Å²) in [5.74, 6) is 0.952. The first-order valence-corrected chi connectivity index (χ1v) is 7.46. The Morgan fingerprint density at radius 2 is 1.70 bits per heavy atom. The zero-order chi connectivity index (χ0) is 15.3. The Kier molecular flexibility index (Phi) is 6.05. The van der Waals surface area contributed by atoms with Gasteiger partial charge in [-0.25, -0.2) is 0 Å². The maximum atomic E-state index is 11.2. The Hall–Kier alpha value is -1.51. The number of hydrogen-bond donors (Lipinski definition) is 2. The number of aryl methyl sites for hydroxylation is 1. The molecule has 0 aliphatic rings. The molecule has 3 nitrogen and oxygen atoms in total. The fraction of sp³-hybridized carbons (Fsp3) is 0.588. The highest BCUT2D eigenvalue weighted by Gasteiger charge is 2.14. The highest BCUT2D eigenvalue weighted by Crippen LogP contribution is 2.22. The summed E-state index contributed by atoms with van der Waals surface area (Å²) in [6.45, 7) is 11.0. The number of carbonyl (C=O) groups is 1. The van der Waals surface area contributed by atoms with Crippen LogP contribution in [0.15, 0.2) is 18.2 Å². The first-order chi connectivity index (χ1) is 9.29. The molecule has 1 aromatic carbocycles. The van der Waals surface area contributed by atoms with Crippen LogP contribution in [0.5, 0.6) is 0 Å². The molecule has 0 aromatic heterocycles. The Balaban J connectivity index is 2.84. The lowest BCUT2D eigenvalue weighted by molar-refractivity contribution is 0.1000. The summed E-state index contributed by atoms with van der Waals surface area (Å²) in [6, 6.07) is 6.07. The molecule has 0 bridgehead atoms. The molecular weight excluding hydrogens is 248 g/mol. The molecule has 1 rings (SSSR count). The quantitative estimate of drug-likeness (QED) is 0.791. The van der Waals surface area contributed by atoms with Crippen molar-refractivity contribution in [3.8, 4) is 0 Å². The van der Waals surface area contributed by atoms with Crippen molar-refractivity contribution in [2.75, 3.05) is 5.32 Å². The molecule has 1 amide bonds. The molecule has 0 aliphatic heterocycles. The third-order valence-electron chi connectivity index (χ3n) is 3.38. The van der Waals surface area contributed by atoms with Gasteiger partial charge in [0, 0.05) is 17.3 Å². The van der Waals surface area contributed by atoms with Crippen LogP contribution < -0.4 is 11.1 Å². The second kappa shape index (κ2) is 7.32. The minimum Gasteiger partial charge on any atom is -0.382 e. The number of amides is 1. The highest BCUT2D eigenvalue weighted by molar-refractivity contribution is 5.93. The third kappa shape index (κ3) is 5.24. The largest absolute Gasteiger partial charge is 0.382 e. The molecule has 3 heteroatoms. The Morgan fingerprint density at radius 3 is 2.10 bits per heavy atom. The van der Waals surface area contributed by atoms with Gasteiger partial charge >= 0.3 is 0 Å². The topological polar surface area (TPSA) is 55.1 Å². The van der Waals surface area contributed by atoms with Crippen molar-refractivity contribution in [3.05, 3.63) is 29.3 Å². The van der Waals surface area contributed by atoms with Gasteiger partial charge in [-0.15, -0.1) is 0 Å². The molecule has 1 aromatic rings. The zero-order valence-corrected chi connectivity index (χ0v) is 13.4. The van der Waals surface area contributed by atoms with E-state index in [0.29, 0.717) is 23.4 Å². The molecule has 0 unspecified atom stereocenters. The van der Waals surface area contributed by atoms with Gasteiger partial charge in [-0.05, 0) is 55.4 Å². The van der Waals surface area contributed by atoms with Crippen LogP contribution in [-0.2, 0) is 0 Å². The summed E-state index contributed by atoms with van der Waals surface area (Å²) < 4.78 is 0. The molecule has 0 radical (unpaired) electrons. The second-order valence-corrected chi connectivity index (χ2v) is 6.49. The van der Waals surface area contributed by atoms with Gasteiger partial charge in [-0.3, -0.25) is 4.79 Å². The monoisotopic (exact) mass is 276 g/mol. The highest BCUT2D eigenvalue weighted by atomic mass is 16.1.